The number of nitriles is 1. The molecular formula is C16H24N4O2S. The Morgan fingerprint density at radius 2 is 2.17 bits per heavy atom. The Morgan fingerprint density at radius 3 is 2.70 bits per heavy atom. The summed E-state index contributed by atoms with van der Waals surface area (Å²) in [4.78, 5) is 31.0. The topological polar surface area (TPSA) is 98.6 Å². The van der Waals surface area contributed by atoms with E-state index in [-0.39, 0.29) is 17.4 Å². The van der Waals surface area contributed by atoms with Gasteiger partial charge in [0.1, 0.15) is 5.54 Å². The van der Waals surface area contributed by atoms with Crippen LogP contribution in [-0.2, 0) is 11.2 Å². The molecule has 2 N–H and O–H groups in total. The maximum atomic E-state index is 12.3. The van der Waals surface area contributed by atoms with Crippen molar-refractivity contribution in [2.75, 3.05) is 0 Å². The molecule has 2 atom stereocenters. The van der Waals surface area contributed by atoms with Crippen molar-refractivity contribution in [3.63, 3.8) is 0 Å². The van der Waals surface area contributed by atoms with E-state index in [2.05, 4.69) is 21.4 Å². The van der Waals surface area contributed by atoms with Crippen LogP contribution in [0.5, 0.6) is 0 Å². The Balaban J connectivity index is 2.83. The van der Waals surface area contributed by atoms with Crippen molar-refractivity contribution < 1.29 is 4.79 Å². The molecule has 0 aliphatic rings. The third-order valence-corrected chi connectivity index (χ3v) is 4.69. The lowest BCUT2D eigenvalue weighted by Gasteiger charge is -2.28. The summed E-state index contributed by atoms with van der Waals surface area (Å²) in [5.74, 6) is -0.268. The first-order valence-corrected chi connectivity index (χ1v) is 8.60. The first-order valence-electron chi connectivity index (χ1n) is 7.72. The van der Waals surface area contributed by atoms with Crippen molar-refractivity contribution >= 4 is 17.7 Å². The Bertz CT molecular complexity index is 650. The van der Waals surface area contributed by atoms with E-state index in [1.54, 1.807) is 13.8 Å². The van der Waals surface area contributed by atoms with E-state index in [9.17, 15) is 14.9 Å². The number of carbonyl (C=O) groups is 1. The maximum Gasteiger partial charge on any atom is 0.251 e. The monoisotopic (exact) mass is 336 g/mol. The molecule has 1 aromatic heterocycles. The van der Waals surface area contributed by atoms with Crippen LogP contribution < -0.4 is 10.9 Å². The maximum absolute atomic E-state index is 12.3. The molecule has 0 unspecified atom stereocenters. The lowest BCUT2D eigenvalue weighted by Crippen LogP contribution is -2.51. The SMILES string of the molecule is CCCc1cc(=O)[nH]c(S[C@H](C)C(=O)N[C@@](C)(C#N)C(C)C)n1. The van der Waals surface area contributed by atoms with Crippen LogP contribution in [-0.4, -0.2) is 26.7 Å². The third-order valence-electron chi connectivity index (χ3n) is 3.71. The Hall–Kier alpha value is -1.81. The molecule has 0 aromatic carbocycles. The predicted octanol–water partition coefficient (Wildman–Crippen LogP) is 2.26. The molecule has 0 spiro atoms. The number of amides is 1. The number of rotatable bonds is 7. The minimum atomic E-state index is -0.920. The molecule has 0 fully saturated rings. The van der Waals surface area contributed by atoms with Crippen molar-refractivity contribution in [3.8, 4) is 6.07 Å². The number of hydrogen-bond acceptors (Lipinski definition) is 5. The average Bonchev–Trinajstić information content (AvgIpc) is 2.46. The van der Waals surface area contributed by atoms with Crippen LogP contribution >= 0.6 is 11.8 Å². The summed E-state index contributed by atoms with van der Waals surface area (Å²) in [6, 6.07) is 3.62. The van der Waals surface area contributed by atoms with Crippen molar-refractivity contribution in [1.29, 1.82) is 5.26 Å². The second-order valence-electron chi connectivity index (χ2n) is 6.01. The lowest BCUT2D eigenvalue weighted by atomic mass is 9.90. The quantitative estimate of drug-likeness (QED) is 0.588. The summed E-state index contributed by atoms with van der Waals surface area (Å²) in [5, 5.41) is 12.0. The normalized spacial score (nSPS) is 14.8. The zero-order valence-electron chi connectivity index (χ0n) is 14.3. The molecule has 6 nitrogen and oxygen atoms in total. The summed E-state index contributed by atoms with van der Waals surface area (Å²) in [6.45, 7) is 9.21. The summed E-state index contributed by atoms with van der Waals surface area (Å²) >= 11 is 1.18. The van der Waals surface area contributed by atoms with Gasteiger partial charge in [-0.1, -0.05) is 39.0 Å². The molecular weight excluding hydrogens is 312 g/mol. The van der Waals surface area contributed by atoms with Crippen molar-refractivity contribution in [1.82, 2.24) is 15.3 Å². The zero-order valence-corrected chi connectivity index (χ0v) is 15.1. The van der Waals surface area contributed by atoms with E-state index in [1.807, 2.05) is 20.8 Å². The van der Waals surface area contributed by atoms with E-state index in [1.165, 1.54) is 17.8 Å². The number of nitrogens with one attached hydrogen (secondary N) is 2. The highest BCUT2D eigenvalue weighted by atomic mass is 32.2. The van der Waals surface area contributed by atoms with Gasteiger partial charge in [0.2, 0.25) is 5.91 Å². The number of aromatic nitrogens is 2. The van der Waals surface area contributed by atoms with Crippen LogP contribution in [0, 0.1) is 17.2 Å². The van der Waals surface area contributed by atoms with Gasteiger partial charge >= 0.3 is 0 Å². The zero-order chi connectivity index (χ0) is 17.6. The number of aryl methyl sites for hydroxylation is 1. The van der Waals surface area contributed by atoms with Crippen LogP contribution in [0.3, 0.4) is 0 Å². The first-order chi connectivity index (χ1) is 10.7. The molecule has 1 aromatic rings. The van der Waals surface area contributed by atoms with Gasteiger partial charge in [0.05, 0.1) is 11.3 Å². The van der Waals surface area contributed by atoms with E-state index in [4.69, 9.17) is 0 Å². The second-order valence-corrected chi connectivity index (χ2v) is 7.34. The van der Waals surface area contributed by atoms with Gasteiger partial charge in [0, 0.05) is 11.8 Å². The van der Waals surface area contributed by atoms with Gasteiger partial charge in [-0.25, -0.2) is 4.98 Å². The highest BCUT2D eigenvalue weighted by Crippen LogP contribution is 2.21. The minimum absolute atomic E-state index is 0.0144. The number of H-pyrrole nitrogens is 1. The van der Waals surface area contributed by atoms with Crippen LogP contribution in [0.15, 0.2) is 16.0 Å². The van der Waals surface area contributed by atoms with Gasteiger partial charge in [-0.15, -0.1) is 0 Å². The van der Waals surface area contributed by atoms with Crippen LogP contribution in [0.4, 0.5) is 0 Å². The fourth-order valence-electron chi connectivity index (χ4n) is 1.80. The van der Waals surface area contributed by atoms with E-state index >= 15 is 0 Å². The molecule has 1 amide bonds. The van der Waals surface area contributed by atoms with Crippen molar-refractivity contribution in [2.45, 2.75) is 63.4 Å². The van der Waals surface area contributed by atoms with Crippen LogP contribution in [0.1, 0.15) is 46.7 Å². The standard InChI is InChI=1S/C16H24N4O2S/c1-6-7-12-8-13(21)19-15(18-12)23-11(4)14(22)20-16(5,9-17)10(2)3/h8,10-11H,6-7H2,1-5H3,(H,20,22)(H,18,19,21)/t11-,16+/m1/s1. The fourth-order valence-corrected chi connectivity index (χ4v) is 2.63. The van der Waals surface area contributed by atoms with Gasteiger partial charge in [0.25, 0.3) is 5.56 Å². The van der Waals surface area contributed by atoms with Gasteiger partial charge in [0.15, 0.2) is 5.16 Å². The van der Waals surface area contributed by atoms with Gasteiger partial charge in [-0.3, -0.25) is 9.59 Å². The van der Waals surface area contributed by atoms with E-state index in [0.717, 1.165) is 18.5 Å². The predicted molar refractivity (Wildman–Crippen MR) is 91.2 cm³/mol. The lowest BCUT2D eigenvalue weighted by molar-refractivity contribution is -0.121. The molecule has 0 aliphatic carbocycles. The van der Waals surface area contributed by atoms with Crippen LogP contribution in [0.2, 0.25) is 0 Å². The summed E-state index contributed by atoms with van der Waals surface area (Å²) < 4.78 is 0. The number of aromatic amines is 1. The molecule has 23 heavy (non-hydrogen) atoms. The van der Waals surface area contributed by atoms with Crippen molar-refractivity contribution in [2.24, 2.45) is 5.92 Å². The molecule has 0 radical (unpaired) electrons. The third kappa shape index (κ3) is 5.39. The molecule has 1 rings (SSSR count). The average molecular weight is 336 g/mol. The van der Waals surface area contributed by atoms with E-state index < -0.39 is 10.8 Å². The number of nitrogens with zero attached hydrogens (tertiary/aromatic N) is 2. The summed E-state index contributed by atoms with van der Waals surface area (Å²) in [5.41, 5.74) is -0.422. The molecule has 7 heteroatoms. The Labute approximate surface area is 141 Å². The van der Waals surface area contributed by atoms with Crippen molar-refractivity contribution in [3.05, 3.63) is 22.1 Å². The molecule has 0 saturated carbocycles. The highest BCUT2D eigenvalue weighted by Gasteiger charge is 2.32. The molecule has 0 saturated heterocycles. The fraction of sp³-hybridized carbons (Fsp3) is 0.625. The van der Waals surface area contributed by atoms with Gasteiger partial charge in [-0.2, -0.15) is 5.26 Å². The Morgan fingerprint density at radius 1 is 1.52 bits per heavy atom. The summed E-state index contributed by atoms with van der Waals surface area (Å²) in [7, 11) is 0. The minimum Gasteiger partial charge on any atom is -0.337 e. The Kier molecular flexibility index (Phi) is 6.82. The number of hydrogen-bond donors (Lipinski definition) is 2. The number of thioether (sulfide) groups is 1. The van der Waals surface area contributed by atoms with E-state index in [0.29, 0.717) is 5.16 Å². The molecule has 126 valence electrons. The van der Waals surface area contributed by atoms with Gasteiger partial charge < -0.3 is 10.3 Å². The number of carbonyl (C=O) groups excluding carboxylic acids is 1. The van der Waals surface area contributed by atoms with Gasteiger partial charge in [-0.05, 0) is 26.2 Å². The second kappa shape index (κ2) is 8.16. The first kappa shape index (κ1) is 19.2. The highest BCUT2D eigenvalue weighted by molar-refractivity contribution is 8.00. The largest absolute Gasteiger partial charge is 0.337 e. The smallest absolute Gasteiger partial charge is 0.251 e. The molecule has 1 heterocycles. The molecule has 0 bridgehead atoms. The molecule has 0 aliphatic heterocycles. The summed E-state index contributed by atoms with van der Waals surface area (Å²) in [6.07, 6.45) is 1.61. The van der Waals surface area contributed by atoms with Crippen LogP contribution in [0.25, 0.3) is 0 Å².